The molecular weight excluding hydrogens is 448 g/mol. The lowest BCUT2D eigenvalue weighted by molar-refractivity contribution is -0.155. The van der Waals surface area contributed by atoms with E-state index in [1.165, 1.54) is 77.0 Å². The third-order valence-electron chi connectivity index (χ3n) is 7.68. The molecule has 0 aromatic heterocycles. The van der Waals surface area contributed by atoms with Crippen molar-refractivity contribution in [1.29, 1.82) is 0 Å². The first kappa shape index (κ1) is 33.0. The lowest BCUT2D eigenvalue weighted by atomic mass is 9.81. The molecule has 0 N–H and O–H groups in total. The van der Waals surface area contributed by atoms with E-state index in [2.05, 4.69) is 27.7 Å². The summed E-state index contributed by atoms with van der Waals surface area (Å²) in [5.74, 6) is 1.17. The van der Waals surface area contributed by atoms with Gasteiger partial charge in [0.25, 0.3) is 0 Å². The summed E-state index contributed by atoms with van der Waals surface area (Å²) in [4.78, 5) is 25.0. The number of esters is 2. The van der Waals surface area contributed by atoms with Gasteiger partial charge in [-0.15, -0.1) is 0 Å². The van der Waals surface area contributed by atoms with Crippen LogP contribution >= 0.6 is 0 Å². The molecule has 0 heterocycles. The maximum atomic E-state index is 12.5. The normalized spacial score (nSPS) is 18.1. The second-order valence-corrected chi connectivity index (χ2v) is 12.2. The first-order valence-electron chi connectivity index (χ1n) is 15.7. The molecule has 0 bridgehead atoms. The molecule has 4 heteroatoms. The minimum atomic E-state index is -0.132. The van der Waals surface area contributed by atoms with Crippen molar-refractivity contribution in [3.8, 4) is 0 Å². The van der Waals surface area contributed by atoms with E-state index < -0.39 is 0 Å². The van der Waals surface area contributed by atoms with Crippen LogP contribution in [0.15, 0.2) is 0 Å². The molecule has 1 aliphatic rings. The summed E-state index contributed by atoms with van der Waals surface area (Å²) in [6, 6.07) is 0. The highest BCUT2D eigenvalue weighted by Crippen LogP contribution is 2.31. The van der Waals surface area contributed by atoms with Crippen LogP contribution in [0.3, 0.4) is 0 Å². The number of carbonyl (C=O) groups is 2. The van der Waals surface area contributed by atoms with Crippen molar-refractivity contribution < 1.29 is 19.1 Å². The van der Waals surface area contributed by atoms with Crippen LogP contribution in [0, 0.1) is 23.7 Å². The van der Waals surface area contributed by atoms with Crippen LogP contribution in [-0.2, 0) is 19.1 Å². The Morgan fingerprint density at radius 3 is 1.25 bits per heavy atom. The number of unbranched alkanes of at least 4 members (excludes halogenated alkanes) is 12. The van der Waals surface area contributed by atoms with Crippen LogP contribution < -0.4 is 0 Å². The number of hydrogen-bond acceptors (Lipinski definition) is 4. The largest absolute Gasteiger partial charge is 0.465 e. The Hall–Kier alpha value is -1.06. The Balaban J connectivity index is 2.02. The van der Waals surface area contributed by atoms with Crippen molar-refractivity contribution >= 4 is 11.9 Å². The summed E-state index contributed by atoms with van der Waals surface area (Å²) in [5, 5.41) is 0. The highest BCUT2D eigenvalue weighted by atomic mass is 16.5. The summed E-state index contributed by atoms with van der Waals surface area (Å²) in [6.07, 6.45) is 23.1. The van der Waals surface area contributed by atoms with Crippen molar-refractivity contribution in [2.75, 3.05) is 13.2 Å². The Morgan fingerprint density at radius 2 is 0.889 bits per heavy atom. The molecule has 0 aromatic rings. The van der Waals surface area contributed by atoms with Gasteiger partial charge in [-0.25, -0.2) is 0 Å². The maximum absolute atomic E-state index is 12.5. The van der Waals surface area contributed by atoms with Gasteiger partial charge in [-0.1, -0.05) is 124 Å². The predicted octanol–water partition coefficient (Wildman–Crippen LogP) is 9.43. The molecule has 1 saturated carbocycles. The van der Waals surface area contributed by atoms with Gasteiger partial charge in [0.2, 0.25) is 0 Å². The zero-order valence-electron chi connectivity index (χ0n) is 24.5. The Morgan fingerprint density at radius 1 is 0.556 bits per heavy atom. The molecule has 36 heavy (non-hydrogen) atoms. The van der Waals surface area contributed by atoms with Crippen molar-refractivity contribution in [3.05, 3.63) is 0 Å². The molecule has 2 unspecified atom stereocenters. The minimum Gasteiger partial charge on any atom is -0.465 e. The summed E-state index contributed by atoms with van der Waals surface area (Å²) in [7, 11) is 0. The van der Waals surface area contributed by atoms with E-state index in [1.54, 1.807) is 0 Å². The van der Waals surface area contributed by atoms with E-state index >= 15 is 0 Å². The lowest BCUT2D eigenvalue weighted by Gasteiger charge is -2.26. The second kappa shape index (κ2) is 22.0. The van der Waals surface area contributed by atoms with Gasteiger partial charge in [-0.2, -0.15) is 0 Å². The fourth-order valence-corrected chi connectivity index (χ4v) is 5.28. The van der Waals surface area contributed by atoms with Gasteiger partial charge in [-0.3, -0.25) is 9.59 Å². The average Bonchev–Trinajstić information content (AvgIpc) is 2.85. The van der Waals surface area contributed by atoms with Gasteiger partial charge in [0, 0.05) is 0 Å². The first-order chi connectivity index (χ1) is 17.4. The van der Waals surface area contributed by atoms with Gasteiger partial charge in [-0.05, 0) is 43.9 Å². The van der Waals surface area contributed by atoms with E-state index in [9.17, 15) is 9.59 Å². The van der Waals surface area contributed by atoms with Gasteiger partial charge in [0.05, 0.1) is 25.0 Å². The van der Waals surface area contributed by atoms with E-state index in [-0.39, 0.29) is 23.8 Å². The molecule has 0 amide bonds. The zero-order valence-corrected chi connectivity index (χ0v) is 24.5. The molecule has 1 rings (SSSR count). The fourth-order valence-electron chi connectivity index (χ4n) is 5.28. The quantitative estimate of drug-likeness (QED) is 0.108. The fraction of sp³-hybridized carbons (Fsp3) is 0.938. The van der Waals surface area contributed by atoms with Crippen LogP contribution in [0.2, 0.25) is 0 Å². The van der Waals surface area contributed by atoms with E-state index in [0.29, 0.717) is 19.6 Å². The number of hydrogen-bond donors (Lipinski definition) is 0. The zero-order chi connectivity index (χ0) is 26.4. The SMILES string of the molecule is CC(C)CCCCCCCCCOC(=O)C1CCCC(C(=O)OCCCCCCCCCC(C)C)C1. The van der Waals surface area contributed by atoms with E-state index in [4.69, 9.17) is 9.47 Å². The molecule has 0 spiro atoms. The highest BCUT2D eigenvalue weighted by Gasteiger charge is 2.32. The molecule has 1 fully saturated rings. The predicted molar refractivity (Wildman–Crippen MR) is 151 cm³/mol. The molecule has 1 aliphatic carbocycles. The van der Waals surface area contributed by atoms with Crippen molar-refractivity contribution in [2.45, 2.75) is 156 Å². The Labute approximate surface area is 224 Å². The molecule has 212 valence electrons. The van der Waals surface area contributed by atoms with Crippen LogP contribution in [0.25, 0.3) is 0 Å². The van der Waals surface area contributed by atoms with Crippen molar-refractivity contribution in [1.82, 2.24) is 0 Å². The molecule has 0 saturated heterocycles. The summed E-state index contributed by atoms with van der Waals surface area (Å²) in [5.41, 5.74) is 0. The second-order valence-electron chi connectivity index (χ2n) is 12.2. The van der Waals surface area contributed by atoms with Gasteiger partial charge >= 0.3 is 11.9 Å². The summed E-state index contributed by atoms with van der Waals surface area (Å²) in [6.45, 7) is 10.2. The number of rotatable bonds is 22. The Bertz CT molecular complexity index is 496. The average molecular weight is 509 g/mol. The van der Waals surface area contributed by atoms with Crippen LogP contribution in [-0.4, -0.2) is 25.2 Å². The topological polar surface area (TPSA) is 52.6 Å². The molecule has 0 aromatic carbocycles. The highest BCUT2D eigenvalue weighted by molar-refractivity contribution is 5.76. The van der Waals surface area contributed by atoms with Crippen LogP contribution in [0.1, 0.15) is 156 Å². The third-order valence-corrected chi connectivity index (χ3v) is 7.68. The monoisotopic (exact) mass is 508 g/mol. The number of ether oxygens (including phenoxy) is 2. The van der Waals surface area contributed by atoms with E-state index in [1.807, 2.05) is 0 Å². The van der Waals surface area contributed by atoms with Crippen molar-refractivity contribution in [3.63, 3.8) is 0 Å². The molecule has 4 nitrogen and oxygen atoms in total. The molecule has 2 atom stereocenters. The standard InChI is InChI=1S/C32H60O4/c1-27(2)20-15-11-7-5-9-13-17-24-35-31(33)29-22-19-23-30(26-29)32(34)36-25-18-14-10-6-8-12-16-21-28(3)4/h27-30H,5-26H2,1-4H3. The van der Waals surface area contributed by atoms with Crippen LogP contribution in [0.4, 0.5) is 0 Å². The van der Waals surface area contributed by atoms with Gasteiger partial charge < -0.3 is 9.47 Å². The summed E-state index contributed by atoms with van der Waals surface area (Å²) < 4.78 is 11.1. The minimum absolute atomic E-state index is 0.102. The smallest absolute Gasteiger partial charge is 0.308 e. The first-order valence-corrected chi connectivity index (χ1v) is 15.7. The molecule has 0 aliphatic heterocycles. The number of carbonyl (C=O) groups excluding carboxylic acids is 2. The molecule has 0 radical (unpaired) electrons. The maximum Gasteiger partial charge on any atom is 0.308 e. The van der Waals surface area contributed by atoms with E-state index in [0.717, 1.165) is 56.8 Å². The Kier molecular flexibility index (Phi) is 20.1. The lowest BCUT2D eigenvalue weighted by Crippen LogP contribution is -2.30. The summed E-state index contributed by atoms with van der Waals surface area (Å²) >= 11 is 0. The van der Waals surface area contributed by atoms with Crippen LogP contribution in [0.5, 0.6) is 0 Å². The molecular formula is C32H60O4. The third kappa shape index (κ3) is 18.2. The van der Waals surface area contributed by atoms with Crippen molar-refractivity contribution in [2.24, 2.45) is 23.7 Å². The van der Waals surface area contributed by atoms with Gasteiger partial charge in [0.15, 0.2) is 0 Å². The van der Waals surface area contributed by atoms with Gasteiger partial charge in [0.1, 0.15) is 0 Å².